The fourth-order valence-electron chi connectivity index (χ4n) is 2.21. The van der Waals surface area contributed by atoms with Crippen LogP contribution in [0.4, 0.5) is 5.69 Å². The number of rotatable bonds is 1. The zero-order valence-corrected chi connectivity index (χ0v) is 9.72. The number of anilines is 1. The van der Waals surface area contributed by atoms with Gasteiger partial charge >= 0.3 is 0 Å². The van der Waals surface area contributed by atoms with Crippen molar-refractivity contribution in [2.24, 2.45) is 0 Å². The first-order valence-corrected chi connectivity index (χ1v) is 5.51. The molecule has 0 N–H and O–H groups in total. The van der Waals surface area contributed by atoms with E-state index in [2.05, 4.69) is 34.8 Å². The van der Waals surface area contributed by atoms with Crippen molar-refractivity contribution in [1.29, 1.82) is 5.26 Å². The molecule has 0 amide bonds. The van der Waals surface area contributed by atoms with Gasteiger partial charge in [-0.2, -0.15) is 5.26 Å². The number of nitriles is 1. The molecule has 0 bridgehead atoms. The molecule has 1 aromatic rings. The van der Waals surface area contributed by atoms with Gasteiger partial charge < -0.3 is 9.80 Å². The van der Waals surface area contributed by atoms with E-state index in [9.17, 15) is 0 Å². The van der Waals surface area contributed by atoms with Crippen molar-refractivity contribution < 1.29 is 0 Å². The number of likely N-dealkylation sites (N-methyl/N-ethyl adjacent to an activating group) is 1. The van der Waals surface area contributed by atoms with Crippen LogP contribution in [0.2, 0.25) is 0 Å². The van der Waals surface area contributed by atoms with E-state index < -0.39 is 0 Å². The van der Waals surface area contributed by atoms with E-state index in [-0.39, 0.29) is 0 Å². The van der Waals surface area contributed by atoms with E-state index in [0.717, 1.165) is 25.3 Å². The molecule has 1 aliphatic rings. The van der Waals surface area contributed by atoms with E-state index in [0.29, 0.717) is 11.6 Å². The van der Waals surface area contributed by atoms with Crippen LogP contribution in [0, 0.1) is 11.3 Å². The van der Waals surface area contributed by atoms with Crippen molar-refractivity contribution in [3.8, 4) is 6.07 Å². The highest BCUT2D eigenvalue weighted by molar-refractivity contribution is 5.58. The SMILES string of the molecule is CC1CN(C)CCN1c1cnccc1C#N. The molecule has 1 atom stereocenters. The molecule has 1 saturated heterocycles. The minimum Gasteiger partial charge on any atom is -0.364 e. The van der Waals surface area contributed by atoms with E-state index in [4.69, 9.17) is 5.26 Å². The highest BCUT2D eigenvalue weighted by Gasteiger charge is 2.23. The molecule has 1 aromatic heterocycles. The van der Waals surface area contributed by atoms with Gasteiger partial charge in [-0.1, -0.05) is 0 Å². The lowest BCUT2D eigenvalue weighted by Crippen LogP contribution is -2.50. The summed E-state index contributed by atoms with van der Waals surface area (Å²) in [6.45, 7) is 5.20. The van der Waals surface area contributed by atoms with Crippen LogP contribution >= 0.6 is 0 Å². The van der Waals surface area contributed by atoms with E-state index in [1.807, 2.05) is 0 Å². The Morgan fingerprint density at radius 3 is 3.00 bits per heavy atom. The monoisotopic (exact) mass is 216 g/mol. The fourth-order valence-corrected chi connectivity index (χ4v) is 2.21. The Morgan fingerprint density at radius 1 is 1.50 bits per heavy atom. The Hall–Kier alpha value is -1.60. The standard InChI is InChI=1S/C12H16N4/c1-10-9-15(2)5-6-16(10)12-8-14-4-3-11(12)7-13/h3-4,8,10H,5-6,9H2,1-2H3. The third kappa shape index (κ3) is 2.00. The van der Waals surface area contributed by atoms with Crippen LogP contribution in [0.3, 0.4) is 0 Å². The smallest absolute Gasteiger partial charge is 0.101 e. The Balaban J connectivity index is 2.27. The largest absolute Gasteiger partial charge is 0.364 e. The molecule has 0 aromatic carbocycles. The van der Waals surface area contributed by atoms with Crippen LogP contribution < -0.4 is 4.90 Å². The summed E-state index contributed by atoms with van der Waals surface area (Å²) in [6, 6.07) is 4.43. The van der Waals surface area contributed by atoms with Gasteiger partial charge in [-0.15, -0.1) is 0 Å². The van der Waals surface area contributed by atoms with Crippen molar-refractivity contribution >= 4 is 5.69 Å². The second-order valence-corrected chi connectivity index (χ2v) is 4.31. The van der Waals surface area contributed by atoms with Gasteiger partial charge in [0.05, 0.1) is 17.4 Å². The average Bonchev–Trinajstić information content (AvgIpc) is 2.29. The lowest BCUT2D eigenvalue weighted by molar-refractivity contribution is 0.275. The number of aromatic nitrogens is 1. The van der Waals surface area contributed by atoms with Crippen molar-refractivity contribution in [2.75, 3.05) is 31.6 Å². The molecule has 0 aliphatic carbocycles. The van der Waals surface area contributed by atoms with Crippen molar-refractivity contribution in [3.63, 3.8) is 0 Å². The van der Waals surface area contributed by atoms with Gasteiger partial charge in [0.1, 0.15) is 6.07 Å². The Kier molecular flexibility index (Phi) is 3.07. The fraction of sp³-hybridized carbons (Fsp3) is 0.500. The number of hydrogen-bond acceptors (Lipinski definition) is 4. The zero-order chi connectivity index (χ0) is 11.5. The Morgan fingerprint density at radius 2 is 2.31 bits per heavy atom. The number of pyridine rings is 1. The lowest BCUT2D eigenvalue weighted by Gasteiger charge is -2.39. The van der Waals surface area contributed by atoms with Crippen LogP contribution in [0.1, 0.15) is 12.5 Å². The quantitative estimate of drug-likeness (QED) is 0.705. The molecule has 0 saturated carbocycles. The Labute approximate surface area is 96.1 Å². The van der Waals surface area contributed by atoms with Gasteiger partial charge in [0.2, 0.25) is 0 Å². The maximum Gasteiger partial charge on any atom is 0.101 e. The predicted molar refractivity (Wildman–Crippen MR) is 63.3 cm³/mol. The van der Waals surface area contributed by atoms with Crippen molar-refractivity contribution in [2.45, 2.75) is 13.0 Å². The molecule has 2 heterocycles. The minimum atomic E-state index is 0.426. The van der Waals surface area contributed by atoms with E-state index >= 15 is 0 Å². The number of hydrogen-bond donors (Lipinski definition) is 0. The third-order valence-electron chi connectivity index (χ3n) is 3.06. The topological polar surface area (TPSA) is 43.2 Å². The van der Waals surface area contributed by atoms with Crippen molar-refractivity contribution in [1.82, 2.24) is 9.88 Å². The van der Waals surface area contributed by atoms with Crippen LogP contribution in [0.5, 0.6) is 0 Å². The number of nitrogens with zero attached hydrogens (tertiary/aromatic N) is 4. The second-order valence-electron chi connectivity index (χ2n) is 4.31. The highest BCUT2D eigenvalue weighted by Crippen LogP contribution is 2.22. The summed E-state index contributed by atoms with van der Waals surface area (Å²) in [4.78, 5) is 8.69. The number of piperazine rings is 1. The molecule has 4 heteroatoms. The van der Waals surface area contributed by atoms with E-state index in [1.165, 1.54) is 0 Å². The second kappa shape index (κ2) is 4.50. The summed E-state index contributed by atoms with van der Waals surface area (Å²) in [6.07, 6.45) is 3.46. The Bertz CT molecular complexity index is 410. The molecule has 0 spiro atoms. The lowest BCUT2D eigenvalue weighted by atomic mass is 10.1. The van der Waals surface area contributed by atoms with Gasteiger partial charge in [0, 0.05) is 31.9 Å². The third-order valence-corrected chi connectivity index (χ3v) is 3.06. The molecule has 1 aliphatic heterocycles. The first-order chi connectivity index (χ1) is 7.72. The van der Waals surface area contributed by atoms with Gasteiger partial charge in [0.25, 0.3) is 0 Å². The van der Waals surface area contributed by atoms with Gasteiger partial charge in [-0.25, -0.2) is 0 Å². The summed E-state index contributed by atoms with van der Waals surface area (Å²) in [5.41, 5.74) is 1.68. The zero-order valence-electron chi connectivity index (χ0n) is 9.72. The molecule has 2 rings (SSSR count). The highest BCUT2D eigenvalue weighted by atomic mass is 15.3. The molecular weight excluding hydrogens is 200 g/mol. The molecular formula is C12H16N4. The van der Waals surface area contributed by atoms with Gasteiger partial charge in [-0.3, -0.25) is 4.98 Å². The predicted octanol–water partition coefficient (Wildman–Crippen LogP) is 1.09. The van der Waals surface area contributed by atoms with Crippen LogP contribution in [-0.4, -0.2) is 42.6 Å². The summed E-state index contributed by atoms with van der Waals surface area (Å²) in [5, 5.41) is 9.07. The summed E-state index contributed by atoms with van der Waals surface area (Å²) in [7, 11) is 2.13. The van der Waals surface area contributed by atoms with Gasteiger partial charge in [0.15, 0.2) is 0 Å². The molecule has 4 nitrogen and oxygen atoms in total. The van der Waals surface area contributed by atoms with E-state index in [1.54, 1.807) is 18.5 Å². The summed E-state index contributed by atoms with van der Waals surface area (Å²) in [5.74, 6) is 0. The molecule has 84 valence electrons. The van der Waals surface area contributed by atoms with Crippen LogP contribution in [-0.2, 0) is 0 Å². The van der Waals surface area contributed by atoms with Gasteiger partial charge in [-0.05, 0) is 20.0 Å². The first kappa shape index (κ1) is 10.9. The minimum absolute atomic E-state index is 0.426. The van der Waals surface area contributed by atoms with Crippen LogP contribution in [0.15, 0.2) is 18.5 Å². The summed E-state index contributed by atoms with van der Waals surface area (Å²) >= 11 is 0. The first-order valence-electron chi connectivity index (χ1n) is 5.51. The molecule has 1 fully saturated rings. The molecule has 0 radical (unpaired) electrons. The molecule has 1 unspecified atom stereocenters. The average molecular weight is 216 g/mol. The van der Waals surface area contributed by atoms with Crippen LogP contribution in [0.25, 0.3) is 0 Å². The molecule has 16 heavy (non-hydrogen) atoms. The summed E-state index contributed by atoms with van der Waals surface area (Å²) < 4.78 is 0. The normalized spacial score (nSPS) is 21.8. The maximum absolute atomic E-state index is 9.07. The maximum atomic E-state index is 9.07. The van der Waals surface area contributed by atoms with Crippen molar-refractivity contribution in [3.05, 3.63) is 24.0 Å².